The summed E-state index contributed by atoms with van der Waals surface area (Å²) in [6.45, 7) is 14.1. The molecule has 1 aliphatic heterocycles. The quantitative estimate of drug-likeness (QED) is 0.775. The summed E-state index contributed by atoms with van der Waals surface area (Å²) >= 11 is 0. The highest BCUT2D eigenvalue weighted by Gasteiger charge is 2.34. The van der Waals surface area contributed by atoms with Gasteiger partial charge in [-0.2, -0.15) is 0 Å². The van der Waals surface area contributed by atoms with Gasteiger partial charge in [0.2, 0.25) is 0 Å². The molecule has 16 heavy (non-hydrogen) atoms. The zero-order valence-electron chi connectivity index (χ0n) is 11.8. The Morgan fingerprint density at radius 1 is 1.06 bits per heavy atom. The van der Waals surface area contributed by atoms with Crippen molar-refractivity contribution in [3.8, 4) is 0 Å². The lowest BCUT2D eigenvalue weighted by atomic mass is 9.87. The van der Waals surface area contributed by atoms with Crippen molar-refractivity contribution in [2.45, 2.75) is 77.9 Å². The summed E-state index contributed by atoms with van der Waals surface area (Å²) in [5.41, 5.74) is 0.425. The first-order valence-electron chi connectivity index (χ1n) is 7.03. The molecule has 0 saturated carbocycles. The van der Waals surface area contributed by atoms with Gasteiger partial charge in [0, 0.05) is 30.7 Å². The molecule has 0 aliphatic carbocycles. The van der Waals surface area contributed by atoms with Gasteiger partial charge in [-0.3, -0.25) is 4.90 Å². The van der Waals surface area contributed by atoms with E-state index < -0.39 is 0 Å². The van der Waals surface area contributed by atoms with Crippen LogP contribution in [0.2, 0.25) is 0 Å². The van der Waals surface area contributed by atoms with Gasteiger partial charge >= 0.3 is 0 Å². The maximum atomic E-state index is 3.62. The van der Waals surface area contributed by atoms with Crippen LogP contribution in [0.4, 0.5) is 0 Å². The van der Waals surface area contributed by atoms with Gasteiger partial charge in [0.15, 0.2) is 0 Å². The fourth-order valence-electron chi connectivity index (χ4n) is 3.29. The number of hydrogen-bond donors (Lipinski definition) is 1. The van der Waals surface area contributed by atoms with Crippen molar-refractivity contribution in [3.05, 3.63) is 0 Å². The first kappa shape index (κ1) is 14.0. The van der Waals surface area contributed by atoms with Gasteiger partial charge in [-0.1, -0.05) is 26.7 Å². The van der Waals surface area contributed by atoms with Gasteiger partial charge in [0.05, 0.1) is 0 Å². The van der Waals surface area contributed by atoms with E-state index in [2.05, 4.69) is 44.8 Å². The Morgan fingerprint density at radius 2 is 1.50 bits per heavy atom. The highest BCUT2D eigenvalue weighted by molar-refractivity contribution is 4.92. The van der Waals surface area contributed by atoms with Crippen molar-refractivity contribution >= 4 is 0 Å². The molecule has 0 aromatic heterocycles. The van der Waals surface area contributed by atoms with Crippen LogP contribution >= 0.6 is 0 Å². The van der Waals surface area contributed by atoms with Crippen LogP contribution in [0, 0.1) is 0 Å². The molecule has 1 heterocycles. The lowest BCUT2D eigenvalue weighted by molar-refractivity contribution is 0.0410. The molecule has 0 radical (unpaired) electrons. The zero-order chi connectivity index (χ0) is 12.2. The SMILES string of the molecule is CCCC(C)(CCC)N1CC(C)NC(C)C1. The first-order valence-corrected chi connectivity index (χ1v) is 7.03. The Labute approximate surface area is 102 Å². The molecule has 2 nitrogen and oxygen atoms in total. The van der Waals surface area contributed by atoms with Crippen LogP contribution in [0.1, 0.15) is 60.3 Å². The lowest BCUT2D eigenvalue weighted by Crippen LogP contribution is -2.61. The van der Waals surface area contributed by atoms with Crippen LogP contribution in [0.15, 0.2) is 0 Å². The lowest BCUT2D eigenvalue weighted by Gasteiger charge is -2.47. The molecule has 1 fully saturated rings. The van der Waals surface area contributed by atoms with Crippen molar-refractivity contribution in [1.82, 2.24) is 10.2 Å². The van der Waals surface area contributed by atoms with E-state index in [4.69, 9.17) is 0 Å². The number of nitrogens with zero attached hydrogens (tertiary/aromatic N) is 1. The number of hydrogen-bond acceptors (Lipinski definition) is 2. The fourth-order valence-corrected chi connectivity index (χ4v) is 3.29. The van der Waals surface area contributed by atoms with Gasteiger partial charge in [0.25, 0.3) is 0 Å². The van der Waals surface area contributed by atoms with E-state index in [0.717, 1.165) is 0 Å². The Kier molecular flexibility index (Phi) is 5.26. The second-order valence-corrected chi connectivity index (χ2v) is 5.87. The van der Waals surface area contributed by atoms with Crippen molar-refractivity contribution in [3.63, 3.8) is 0 Å². The topological polar surface area (TPSA) is 15.3 Å². The summed E-state index contributed by atoms with van der Waals surface area (Å²) in [5.74, 6) is 0. The fraction of sp³-hybridized carbons (Fsp3) is 1.00. The smallest absolute Gasteiger partial charge is 0.0182 e. The van der Waals surface area contributed by atoms with Crippen molar-refractivity contribution in [2.75, 3.05) is 13.1 Å². The van der Waals surface area contributed by atoms with E-state index in [1.807, 2.05) is 0 Å². The molecule has 1 saturated heterocycles. The average molecular weight is 226 g/mol. The van der Waals surface area contributed by atoms with E-state index in [1.54, 1.807) is 0 Å². The van der Waals surface area contributed by atoms with E-state index in [0.29, 0.717) is 17.6 Å². The highest BCUT2D eigenvalue weighted by Crippen LogP contribution is 2.28. The maximum Gasteiger partial charge on any atom is 0.0182 e. The van der Waals surface area contributed by atoms with Gasteiger partial charge in [-0.05, 0) is 33.6 Å². The van der Waals surface area contributed by atoms with Crippen LogP contribution < -0.4 is 5.32 Å². The monoisotopic (exact) mass is 226 g/mol. The molecule has 0 amide bonds. The third-order valence-electron chi connectivity index (χ3n) is 3.90. The molecule has 2 heteroatoms. The minimum absolute atomic E-state index is 0.425. The minimum Gasteiger partial charge on any atom is -0.309 e. The summed E-state index contributed by atoms with van der Waals surface area (Å²) in [4.78, 5) is 2.73. The Bertz CT molecular complexity index is 187. The molecule has 96 valence electrons. The maximum absolute atomic E-state index is 3.62. The predicted molar refractivity (Wildman–Crippen MR) is 71.9 cm³/mol. The summed E-state index contributed by atoms with van der Waals surface area (Å²) < 4.78 is 0. The second kappa shape index (κ2) is 6.02. The Hall–Kier alpha value is -0.0800. The van der Waals surface area contributed by atoms with Gasteiger partial charge < -0.3 is 5.32 Å². The third kappa shape index (κ3) is 3.46. The summed E-state index contributed by atoms with van der Waals surface area (Å²) in [6, 6.07) is 1.27. The normalized spacial score (nSPS) is 28.3. The minimum atomic E-state index is 0.425. The largest absolute Gasteiger partial charge is 0.309 e. The molecular formula is C14H30N2. The molecule has 2 atom stereocenters. The number of nitrogens with one attached hydrogen (secondary N) is 1. The van der Waals surface area contributed by atoms with Crippen LogP contribution in [0.3, 0.4) is 0 Å². The van der Waals surface area contributed by atoms with Crippen LogP contribution in [0.25, 0.3) is 0 Å². The first-order chi connectivity index (χ1) is 7.51. The van der Waals surface area contributed by atoms with Crippen molar-refractivity contribution in [1.29, 1.82) is 0 Å². The second-order valence-electron chi connectivity index (χ2n) is 5.87. The molecule has 0 aromatic carbocycles. The predicted octanol–water partition coefficient (Wildman–Crippen LogP) is 3.03. The molecule has 0 aromatic rings. The van der Waals surface area contributed by atoms with E-state index in [9.17, 15) is 0 Å². The van der Waals surface area contributed by atoms with E-state index >= 15 is 0 Å². The van der Waals surface area contributed by atoms with E-state index in [-0.39, 0.29) is 0 Å². The van der Waals surface area contributed by atoms with Crippen molar-refractivity contribution < 1.29 is 0 Å². The number of rotatable bonds is 5. The molecule has 1 N–H and O–H groups in total. The van der Waals surface area contributed by atoms with Crippen LogP contribution in [-0.4, -0.2) is 35.6 Å². The molecular weight excluding hydrogens is 196 g/mol. The standard InChI is InChI=1S/C14H30N2/c1-6-8-14(5,9-7-2)16-10-12(3)15-13(4)11-16/h12-13,15H,6-11H2,1-5H3. The molecule has 0 bridgehead atoms. The zero-order valence-corrected chi connectivity index (χ0v) is 11.8. The van der Waals surface area contributed by atoms with Gasteiger partial charge in [-0.25, -0.2) is 0 Å². The number of piperazine rings is 1. The summed E-state index contributed by atoms with van der Waals surface area (Å²) in [7, 11) is 0. The van der Waals surface area contributed by atoms with Crippen molar-refractivity contribution in [2.24, 2.45) is 0 Å². The van der Waals surface area contributed by atoms with Crippen LogP contribution in [-0.2, 0) is 0 Å². The van der Waals surface area contributed by atoms with E-state index in [1.165, 1.54) is 38.8 Å². The summed E-state index contributed by atoms with van der Waals surface area (Å²) in [6.07, 6.45) is 5.26. The molecule has 0 spiro atoms. The molecule has 1 rings (SSSR count). The average Bonchev–Trinajstić information content (AvgIpc) is 2.16. The van der Waals surface area contributed by atoms with Gasteiger partial charge in [-0.15, -0.1) is 0 Å². The van der Waals surface area contributed by atoms with Gasteiger partial charge in [0.1, 0.15) is 0 Å². The molecule has 2 unspecified atom stereocenters. The highest BCUT2D eigenvalue weighted by atomic mass is 15.3. The molecule has 1 aliphatic rings. The Morgan fingerprint density at radius 3 is 1.88 bits per heavy atom. The van der Waals surface area contributed by atoms with Crippen LogP contribution in [0.5, 0.6) is 0 Å². The Balaban J connectivity index is 2.68. The summed E-state index contributed by atoms with van der Waals surface area (Å²) in [5, 5.41) is 3.62. The third-order valence-corrected chi connectivity index (χ3v) is 3.90.